The maximum Gasteiger partial charge on any atom is 0.262 e. The molecule has 172 valence electrons. The first kappa shape index (κ1) is 21.7. The second kappa shape index (κ2) is 9.40. The van der Waals surface area contributed by atoms with Crippen LogP contribution in [-0.4, -0.2) is 48.2 Å². The molecule has 6 heteroatoms. The van der Waals surface area contributed by atoms with Crippen LogP contribution in [0.15, 0.2) is 59.5 Å². The van der Waals surface area contributed by atoms with Gasteiger partial charge in [-0.25, -0.2) is 0 Å². The summed E-state index contributed by atoms with van der Waals surface area (Å²) in [5, 5.41) is 4.44. The highest BCUT2D eigenvalue weighted by atomic mass is 16.5. The van der Waals surface area contributed by atoms with Crippen LogP contribution >= 0.6 is 0 Å². The molecule has 1 aromatic heterocycles. The van der Waals surface area contributed by atoms with E-state index in [0.29, 0.717) is 40.5 Å². The number of nitrogens with zero attached hydrogens (tertiary/aromatic N) is 2. The molecule has 5 rings (SSSR count). The average molecular weight is 446 g/mol. The number of hydrogen-bond donors (Lipinski definition) is 1. The smallest absolute Gasteiger partial charge is 0.262 e. The van der Waals surface area contributed by atoms with Crippen molar-refractivity contribution in [3.63, 3.8) is 0 Å². The van der Waals surface area contributed by atoms with E-state index in [-0.39, 0.29) is 11.5 Å². The summed E-state index contributed by atoms with van der Waals surface area (Å²) in [5.74, 6) is 1.08. The fraction of sp³-hybridized carbons (Fsp3) is 0.407. The summed E-state index contributed by atoms with van der Waals surface area (Å²) in [6.07, 6.45) is 7.83. The Bertz CT molecular complexity index is 1200. The van der Waals surface area contributed by atoms with E-state index in [0.717, 1.165) is 12.2 Å². The van der Waals surface area contributed by atoms with Gasteiger partial charge in [0.2, 0.25) is 0 Å². The molecule has 0 bridgehead atoms. The van der Waals surface area contributed by atoms with E-state index in [1.807, 2.05) is 42.5 Å². The monoisotopic (exact) mass is 445 g/mol. The van der Waals surface area contributed by atoms with Gasteiger partial charge >= 0.3 is 0 Å². The molecule has 3 aromatic rings. The van der Waals surface area contributed by atoms with E-state index in [1.54, 1.807) is 23.9 Å². The van der Waals surface area contributed by atoms with Crippen LogP contribution in [-0.2, 0) is 0 Å². The van der Waals surface area contributed by atoms with Gasteiger partial charge in [-0.3, -0.25) is 14.2 Å². The van der Waals surface area contributed by atoms with Crippen molar-refractivity contribution >= 4 is 16.7 Å². The van der Waals surface area contributed by atoms with E-state index in [9.17, 15) is 9.59 Å². The molecule has 0 saturated carbocycles. The van der Waals surface area contributed by atoms with Crippen molar-refractivity contribution in [2.75, 3.05) is 26.7 Å². The van der Waals surface area contributed by atoms with Crippen LogP contribution in [0.2, 0.25) is 0 Å². The molecular weight excluding hydrogens is 414 g/mol. The van der Waals surface area contributed by atoms with Crippen LogP contribution in [0.1, 0.15) is 42.5 Å². The third kappa shape index (κ3) is 4.27. The van der Waals surface area contributed by atoms with Crippen molar-refractivity contribution in [3.8, 4) is 11.4 Å². The van der Waals surface area contributed by atoms with Crippen LogP contribution in [0.4, 0.5) is 0 Å². The number of benzene rings is 2. The third-order valence-electron chi connectivity index (χ3n) is 7.27. The lowest BCUT2D eigenvalue weighted by atomic mass is 9.83. The zero-order valence-electron chi connectivity index (χ0n) is 19.1. The maximum absolute atomic E-state index is 13.4. The molecule has 1 amide bonds. The molecule has 33 heavy (non-hydrogen) atoms. The van der Waals surface area contributed by atoms with E-state index >= 15 is 0 Å². The maximum atomic E-state index is 13.4. The molecule has 3 heterocycles. The Morgan fingerprint density at radius 2 is 1.76 bits per heavy atom. The molecular formula is C27H31N3O3. The SMILES string of the molecule is COc1ccc(-n2cc(C(=O)NCC3CCCN4CCCCC34)c3ccccc3c2=O)cc1. The number of fused-ring (bicyclic) bond motifs is 2. The lowest BCUT2D eigenvalue weighted by Crippen LogP contribution is -2.51. The van der Waals surface area contributed by atoms with Crippen LogP contribution in [0, 0.1) is 5.92 Å². The minimum atomic E-state index is -0.141. The fourth-order valence-corrected chi connectivity index (χ4v) is 5.54. The first-order valence-electron chi connectivity index (χ1n) is 12.0. The normalized spacial score (nSPS) is 20.9. The van der Waals surface area contributed by atoms with Crippen LogP contribution in [0.25, 0.3) is 16.5 Å². The number of rotatable bonds is 5. The third-order valence-corrected chi connectivity index (χ3v) is 7.27. The molecule has 2 saturated heterocycles. The Hall–Kier alpha value is -3.12. The predicted octanol–water partition coefficient (Wildman–Crippen LogP) is 3.99. The fourth-order valence-electron chi connectivity index (χ4n) is 5.54. The lowest BCUT2D eigenvalue weighted by Gasteiger charge is -2.44. The van der Waals surface area contributed by atoms with Crippen LogP contribution in [0.5, 0.6) is 5.75 Å². The summed E-state index contributed by atoms with van der Waals surface area (Å²) in [7, 11) is 1.61. The van der Waals surface area contributed by atoms with Gasteiger partial charge in [0.25, 0.3) is 11.5 Å². The summed E-state index contributed by atoms with van der Waals surface area (Å²) in [6, 6.07) is 15.2. The van der Waals surface area contributed by atoms with E-state index in [1.165, 1.54) is 38.8 Å². The van der Waals surface area contributed by atoms with Crippen molar-refractivity contribution < 1.29 is 9.53 Å². The molecule has 2 unspecified atom stereocenters. The standard InChI is InChI=1S/C27H31N3O3/c1-33-21-13-11-20(12-14-21)30-18-24(22-8-2-3-9-23(22)27(30)32)26(31)28-17-19-7-6-16-29-15-5-4-10-25(19)29/h2-3,8-9,11-14,18-19,25H,4-7,10,15-17H2,1H3,(H,28,31). The first-order valence-corrected chi connectivity index (χ1v) is 12.0. The first-order chi connectivity index (χ1) is 16.2. The number of amides is 1. The van der Waals surface area contributed by atoms with Gasteiger partial charge in [-0.15, -0.1) is 0 Å². The molecule has 0 aliphatic carbocycles. The molecule has 2 aromatic carbocycles. The number of hydrogen-bond acceptors (Lipinski definition) is 4. The number of methoxy groups -OCH3 is 1. The van der Waals surface area contributed by atoms with Gasteiger partial charge in [0.15, 0.2) is 0 Å². The summed E-state index contributed by atoms with van der Waals surface area (Å²) < 4.78 is 6.80. The number of nitrogens with one attached hydrogen (secondary N) is 1. The summed E-state index contributed by atoms with van der Waals surface area (Å²) >= 11 is 0. The van der Waals surface area contributed by atoms with Gasteiger partial charge in [-0.2, -0.15) is 0 Å². The number of pyridine rings is 1. The molecule has 2 atom stereocenters. The number of carbonyl (C=O) groups is 1. The van der Waals surface area contributed by atoms with Crippen LogP contribution in [0.3, 0.4) is 0 Å². The van der Waals surface area contributed by atoms with Crippen molar-refractivity contribution in [1.82, 2.24) is 14.8 Å². The quantitative estimate of drug-likeness (QED) is 0.645. The average Bonchev–Trinajstić information content (AvgIpc) is 2.88. The topological polar surface area (TPSA) is 63.6 Å². The number of aromatic nitrogens is 1. The van der Waals surface area contributed by atoms with E-state index < -0.39 is 0 Å². The van der Waals surface area contributed by atoms with Crippen molar-refractivity contribution in [3.05, 3.63) is 70.6 Å². The highest BCUT2D eigenvalue weighted by Crippen LogP contribution is 2.30. The molecule has 6 nitrogen and oxygen atoms in total. The van der Waals surface area contributed by atoms with Gasteiger partial charge < -0.3 is 15.0 Å². The van der Waals surface area contributed by atoms with Gasteiger partial charge in [0.1, 0.15) is 5.75 Å². The molecule has 2 fully saturated rings. The van der Waals surface area contributed by atoms with Crippen LogP contribution < -0.4 is 15.6 Å². The Morgan fingerprint density at radius 3 is 2.55 bits per heavy atom. The molecule has 0 spiro atoms. The molecule has 2 aliphatic rings. The summed E-state index contributed by atoms with van der Waals surface area (Å²) in [4.78, 5) is 29.2. The van der Waals surface area contributed by atoms with Gasteiger partial charge in [-0.05, 0) is 75.0 Å². The second-order valence-corrected chi connectivity index (χ2v) is 9.17. The lowest BCUT2D eigenvalue weighted by molar-refractivity contribution is 0.0576. The van der Waals surface area contributed by atoms with Gasteiger partial charge in [-0.1, -0.05) is 24.6 Å². The minimum absolute atomic E-state index is 0.124. The predicted molar refractivity (Wildman–Crippen MR) is 130 cm³/mol. The second-order valence-electron chi connectivity index (χ2n) is 9.17. The van der Waals surface area contributed by atoms with Gasteiger partial charge in [0.05, 0.1) is 12.7 Å². The Morgan fingerprint density at radius 1 is 1.00 bits per heavy atom. The van der Waals surface area contributed by atoms with Gasteiger partial charge in [0, 0.05) is 35.2 Å². The largest absolute Gasteiger partial charge is 0.497 e. The van der Waals surface area contributed by atoms with Crippen molar-refractivity contribution in [2.24, 2.45) is 5.92 Å². The molecule has 1 N–H and O–H groups in total. The Balaban J connectivity index is 1.44. The Kier molecular flexibility index (Phi) is 6.18. The van der Waals surface area contributed by atoms with Crippen molar-refractivity contribution in [2.45, 2.75) is 38.1 Å². The molecule has 0 radical (unpaired) electrons. The zero-order chi connectivity index (χ0) is 22.8. The molecule has 2 aliphatic heterocycles. The minimum Gasteiger partial charge on any atom is -0.497 e. The summed E-state index contributed by atoms with van der Waals surface area (Å²) in [6.45, 7) is 3.05. The number of carbonyl (C=O) groups excluding carboxylic acids is 1. The van der Waals surface area contributed by atoms with Crippen molar-refractivity contribution in [1.29, 1.82) is 0 Å². The van der Waals surface area contributed by atoms with E-state index in [4.69, 9.17) is 4.74 Å². The Labute approximate surface area is 194 Å². The number of ether oxygens (including phenoxy) is 1. The summed E-state index contributed by atoms with van der Waals surface area (Å²) in [5.41, 5.74) is 1.08. The zero-order valence-corrected chi connectivity index (χ0v) is 19.1. The number of piperidine rings is 2. The highest BCUT2D eigenvalue weighted by Gasteiger charge is 2.33. The highest BCUT2D eigenvalue weighted by molar-refractivity contribution is 6.06. The van der Waals surface area contributed by atoms with E-state index in [2.05, 4.69) is 10.2 Å².